The van der Waals surface area contributed by atoms with Gasteiger partial charge in [0.15, 0.2) is 5.82 Å². The Bertz CT molecular complexity index is 1580. The Morgan fingerprint density at radius 2 is 2.19 bits per heavy atom. The van der Waals surface area contributed by atoms with Crippen LogP contribution >= 0.6 is 22.9 Å². The third-order valence-electron chi connectivity index (χ3n) is 5.81. The number of H-pyrrole nitrogens is 1. The van der Waals surface area contributed by atoms with E-state index in [4.69, 9.17) is 28.4 Å². The van der Waals surface area contributed by atoms with E-state index in [0.717, 1.165) is 11.3 Å². The molecule has 3 aromatic heterocycles. The van der Waals surface area contributed by atoms with Gasteiger partial charge in [-0.1, -0.05) is 11.6 Å². The Morgan fingerprint density at radius 3 is 2.92 bits per heavy atom. The lowest BCUT2D eigenvalue weighted by molar-refractivity contribution is 0.0698. The molecule has 0 saturated carbocycles. The molecule has 0 bridgehead atoms. The molecule has 4 aromatic rings. The normalized spacial score (nSPS) is 14.9. The number of thiophene rings is 1. The molecule has 0 radical (unpaired) electrons. The van der Waals surface area contributed by atoms with Gasteiger partial charge in [0.2, 0.25) is 0 Å². The van der Waals surface area contributed by atoms with E-state index in [1.54, 1.807) is 18.2 Å². The summed E-state index contributed by atoms with van der Waals surface area (Å²) in [5.41, 5.74) is 1.52. The number of benzene rings is 1. The molecule has 5 rings (SSSR count). The molecule has 6 N–H and O–H groups in total. The van der Waals surface area contributed by atoms with Gasteiger partial charge in [0.05, 0.1) is 29.3 Å². The summed E-state index contributed by atoms with van der Waals surface area (Å²) in [6, 6.07) is 5.89. The van der Waals surface area contributed by atoms with Crippen molar-refractivity contribution < 1.29 is 14.3 Å². The summed E-state index contributed by atoms with van der Waals surface area (Å²) in [5, 5.41) is 15.6. The number of hydrazine groups is 1. The molecule has 0 amide bonds. The molecule has 14 heteroatoms. The zero-order valence-electron chi connectivity index (χ0n) is 18.4. The minimum absolute atomic E-state index is 0.107. The van der Waals surface area contributed by atoms with E-state index in [2.05, 4.69) is 20.1 Å². The summed E-state index contributed by atoms with van der Waals surface area (Å²) in [4.78, 5) is 36.1. The lowest BCUT2D eigenvalue weighted by atomic mass is 10.1. The van der Waals surface area contributed by atoms with Crippen molar-refractivity contribution in [2.24, 2.45) is 16.8 Å². The van der Waals surface area contributed by atoms with Crippen LogP contribution in [0.4, 0.5) is 10.1 Å². The third-order valence-corrected chi connectivity index (χ3v) is 6.99. The highest BCUT2D eigenvalue weighted by Gasteiger charge is 2.30. The lowest BCUT2D eigenvalue weighted by Gasteiger charge is -2.18. The number of hydrazone groups is 1. The van der Waals surface area contributed by atoms with Gasteiger partial charge in [-0.25, -0.2) is 25.0 Å². The first-order valence-corrected chi connectivity index (χ1v) is 11.8. The standard InChI is InChI=1S/C22H18ClFN8O3S/c23-10-1-2-15(31(26)9-28-25)11(5-10)13-6-18(33)32-16(3-4-17(32)29-13)21-27-7-14(30-21)12-8-36-20(19(12)24)22(34)35/h1-2,5-9,16H,3-4,25-26H2,(H,27,30)(H,34,35)/b28-9-/t16-/m0/s1. The number of carbonyl (C=O) groups is 1. The average molecular weight is 529 g/mol. The largest absolute Gasteiger partial charge is 0.477 e. The maximum absolute atomic E-state index is 14.5. The molecule has 4 heterocycles. The van der Waals surface area contributed by atoms with Crippen LogP contribution in [0.15, 0.2) is 45.7 Å². The van der Waals surface area contributed by atoms with Crippen molar-refractivity contribution in [3.8, 4) is 22.5 Å². The maximum atomic E-state index is 14.5. The maximum Gasteiger partial charge on any atom is 0.348 e. The van der Waals surface area contributed by atoms with Crippen LogP contribution in [0.2, 0.25) is 5.02 Å². The number of imidazole rings is 1. The van der Waals surface area contributed by atoms with Gasteiger partial charge in [0.25, 0.3) is 5.56 Å². The third kappa shape index (κ3) is 4.02. The first kappa shape index (κ1) is 23.7. The quantitative estimate of drug-likeness (QED) is 0.128. The van der Waals surface area contributed by atoms with Crippen LogP contribution < -0.4 is 22.3 Å². The molecule has 0 unspecified atom stereocenters. The lowest BCUT2D eigenvalue weighted by Crippen LogP contribution is -2.30. The predicted molar refractivity (Wildman–Crippen MR) is 134 cm³/mol. The van der Waals surface area contributed by atoms with Gasteiger partial charge in [-0.05, 0) is 24.6 Å². The average Bonchev–Trinajstić information content (AvgIpc) is 3.57. The number of hydrogen-bond donors (Lipinski definition) is 4. The number of aromatic amines is 1. The van der Waals surface area contributed by atoms with Crippen molar-refractivity contribution in [1.82, 2.24) is 19.5 Å². The number of anilines is 1. The Labute approximate surface area is 211 Å². The van der Waals surface area contributed by atoms with E-state index in [0.29, 0.717) is 52.2 Å². The predicted octanol–water partition coefficient (Wildman–Crippen LogP) is 2.97. The molecular formula is C22H18ClFN8O3S. The number of halogens is 2. The minimum atomic E-state index is -1.34. The van der Waals surface area contributed by atoms with Crippen molar-refractivity contribution in [3.63, 3.8) is 0 Å². The number of nitrogens with two attached hydrogens (primary N) is 2. The SMILES string of the molecule is N/N=C\N(N)c1ccc(Cl)cc1-c1cc(=O)n2c(n1)CC[C@H]2c1ncc(-c2csc(C(=O)O)c2F)[nH]1. The van der Waals surface area contributed by atoms with Crippen molar-refractivity contribution in [2.45, 2.75) is 18.9 Å². The van der Waals surface area contributed by atoms with E-state index in [1.807, 2.05) is 0 Å². The Hall–Kier alpha value is -4.07. The van der Waals surface area contributed by atoms with E-state index in [-0.39, 0.29) is 16.0 Å². The molecule has 184 valence electrons. The summed E-state index contributed by atoms with van der Waals surface area (Å²) in [5.74, 6) is 10.0. The monoisotopic (exact) mass is 528 g/mol. The second kappa shape index (κ2) is 9.18. The number of fused-ring (bicyclic) bond motifs is 1. The Morgan fingerprint density at radius 1 is 1.39 bits per heavy atom. The molecule has 11 nitrogen and oxygen atoms in total. The second-order valence-corrected chi connectivity index (χ2v) is 9.25. The van der Waals surface area contributed by atoms with E-state index in [1.165, 1.54) is 33.6 Å². The summed E-state index contributed by atoms with van der Waals surface area (Å²) >= 11 is 6.99. The number of carboxylic acids is 1. The number of rotatable bonds is 6. The number of nitrogens with one attached hydrogen (secondary N) is 1. The number of aromatic nitrogens is 4. The van der Waals surface area contributed by atoms with E-state index in [9.17, 15) is 14.0 Å². The van der Waals surface area contributed by atoms with Crippen LogP contribution in [-0.4, -0.2) is 36.9 Å². The molecule has 0 aliphatic carbocycles. The van der Waals surface area contributed by atoms with Gasteiger partial charge in [-0.15, -0.1) is 11.3 Å². The van der Waals surface area contributed by atoms with E-state index >= 15 is 0 Å². The van der Waals surface area contributed by atoms with Crippen molar-refractivity contribution in [2.75, 3.05) is 5.01 Å². The van der Waals surface area contributed by atoms with Crippen LogP contribution in [-0.2, 0) is 6.42 Å². The number of aryl methyl sites for hydroxylation is 1. The van der Waals surface area contributed by atoms with E-state index < -0.39 is 17.8 Å². The highest BCUT2D eigenvalue weighted by molar-refractivity contribution is 7.12. The summed E-state index contributed by atoms with van der Waals surface area (Å²) in [6.07, 6.45) is 3.67. The highest BCUT2D eigenvalue weighted by atomic mass is 35.5. The molecule has 1 aliphatic heterocycles. The molecule has 0 fully saturated rings. The summed E-state index contributed by atoms with van der Waals surface area (Å²) in [7, 11) is 0. The number of nitrogens with zero attached hydrogens (tertiary/aromatic N) is 5. The van der Waals surface area contributed by atoms with Crippen molar-refractivity contribution >= 4 is 40.9 Å². The second-order valence-electron chi connectivity index (χ2n) is 7.93. The Balaban J connectivity index is 1.52. The fourth-order valence-electron chi connectivity index (χ4n) is 4.23. The zero-order valence-corrected chi connectivity index (χ0v) is 19.9. The molecular weight excluding hydrogens is 511 g/mol. The van der Waals surface area contributed by atoms with Gasteiger partial charge < -0.3 is 15.9 Å². The highest BCUT2D eigenvalue weighted by Crippen LogP contribution is 2.35. The van der Waals surface area contributed by atoms with Crippen LogP contribution in [0, 0.1) is 5.82 Å². The van der Waals surface area contributed by atoms with Gasteiger partial charge in [-0.2, -0.15) is 5.10 Å². The van der Waals surface area contributed by atoms with Crippen molar-refractivity contribution in [3.05, 3.63) is 73.6 Å². The van der Waals surface area contributed by atoms with Gasteiger partial charge in [0, 0.05) is 34.0 Å². The number of hydrogen-bond acceptors (Lipinski definition) is 8. The smallest absolute Gasteiger partial charge is 0.348 e. The molecule has 0 saturated heterocycles. The van der Waals surface area contributed by atoms with Crippen LogP contribution in [0.1, 0.15) is 33.8 Å². The molecule has 1 atom stereocenters. The molecule has 0 spiro atoms. The first-order chi connectivity index (χ1) is 17.3. The first-order valence-electron chi connectivity index (χ1n) is 10.5. The fourth-order valence-corrected chi connectivity index (χ4v) is 5.18. The minimum Gasteiger partial charge on any atom is -0.477 e. The van der Waals surface area contributed by atoms with Gasteiger partial charge in [-0.3, -0.25) is 14.4 Å². The number of carboxylic acid groups (broad SMARTS) is 1. The van der Waals surface area contributed by atoms with Crippen LogP contribution in [0.3, 0.4) is 0 Å². The molecule has 36 heavy (non-hydrogen) atoms. The number of aromatic carboxylic acids is 1. The summed E-state index contributed by atoms with van der Waals surface area (Å²) in [6.45, 7) is 0. The summed E-state index contributed by atoms with van der Waals surface area (Å²) < 4.78 is 16.0. The fraction of sp³-hybridized carbons (Fsp3) is 0.136. The van der Waals surface area contributed by atoms with Gasteiger partial charge >= 0.3 is 5.97 Å². The van der Waals surface area contributed by atoms with Crippen molar-refractivity contribution in [1.29, 1.82) is 0 Å². The zero-order chi connectivity index (χ0) is 25.6. The van der Waals surface area contributed by atoms with Gasteiger partial charge in [0.1, 0.15) is 22.9 Å². The topological polar surface area (TPSA) is 169 Å². The molecule has 1 aromatic carbocycles. The van der Waals surface area contributed by atoms with Crippen LogP contribution in [0.25, 0.3) is 22.5 Å². The Kier molecular flexibility index (Phi) is 6.04. The van der Waals surface area contributed by atoms with Crippen LogP contribution in [0.5, 0.6) is 0 Å². The molecule has 1 aliphatic rings.